The van der Waals surface area contributed by atoms with E-state index in [-0.39, 0.29) is 18.9 Å². The van der Waals surface area contributed by atoms with Crippen LogP contribution < -0.4 is 19.1 Å². The number of hydrogen-bond donors (Lipinski definition) is 1. The number of rotatable bonds is 9. The molecule has 0 heterocycles. The molecule has 0 aliphatic heterocycles. The molecule has 0 saturated carbocycles. The van der Waals surface area contributed by atoms with E-state index < -0.39 is 10.0 Å². The number of hydrogen-bond acceptors (Lipinski definition) is 5. The molecule has 7 nitrogen and oxygen atoms in total. The Morgan fingerprint density at radius 3 is 2.50 bits per heavy atom. The molecule has 2 aromatic rings. The van der Waals surface area contributed by atoms with E-state index in [4.69, 9.17) is 21.1 Å². The topological polar surface area (TPSA) is 84.9 Å². The van der Waals surface area contributed by atoms with Gasteiger partial charge in [0.2, 0.25) is 15.9 Å². The second kappa shape index (κ2) is 9.66. The molecule has 1 amide bonds. The van der Waals surface area contributed by atoms with Crippen LogP contribution >= 0.6 is 11.6 Å². The summed E-state index contributed by atoms with van der Waals surface area (Å²) in [6.45, 7) is 0.159. The zero-order valence-electron chi connectivity index (χ0n) is 15.9. The van der Waals surface area contributed by atoms with E-state index in [1.165, 1.54) is 11.4 Å². The van der Waals surface area contributed by atoms with Crippen molar-refractivity contribution in [3.05, 3.63) is 47.5 Å². The Balaban J connectivity index is 2.00. The van der Waals surface area contributed by atoms with E-state index in [1.807, 2.05) is 0 Å². The molecule has 0 saturated heterocycles. The van der Waals surface area contributed by atoms with Gasteiger partial charge in [0.15, 0.2) is 0 Å². The van der Waals surface area contributed by atoms with Crippen molar-refractivity contribution in [3.8, 4) is 11.5 Å². The minimum absolute atomic E-state index is 0.141. The second-order valence-electron chi connectivity index (χ2n) is 6.03. The van der Waals surface area contributed by atoms with Gasteiger partial charge in [0.25, 0.3) is 0 Å². The lowest BCUT2D eigenvalue weighted by atomic mass is 10.2. The zero-order valence-corrected chi connectivity index (χ0v) is 17.5. The lowest BCUT2D eigenvalue weighted by molar-refractivity contribution is -0.116. The molecule has 0 unspecified atom stereocenters. The number of ether oxygens (including phenoxy) is 2. The lowest BCUT2D eigenvalue weighted by Crippen LogP contribution is -2.31. The molecule has 28 heavy (non-hydrogen) atoms. The first-order chi connectivity index (χ1) is 13.2. The molecule has 9 heteroatoms. The van der Waals surface area contributed by atoms with Gasteiger partial charge in [-0.1, -0.05) is 17.7 Å². The van der Waals surface area contributed by atoms with Crippen LogP contribution in [0.15, 0.2) is 42.5 Å². The summed E-state index contributed by atoms with van der Waals surface area (Å²) < 4.78 is 35.8. The van der Waals surface area contributed by atoms with Gasteiger partial charge in [0.05, 0.1) is 31.9 Å². The number of methoxy groups -OCH3 is 2. The van der Waals surface area contributed by atoms with Crippen molar-refractivity contribution in [2.45, 2.75) is 12.8 Å². The fourth-order valence-electron chi connectivity index (χ4n) is 2.62. The van der Waals surface area contributed by atoms with E-state index in [9.17, 15) is 13.2 Å². The van der Waals surface area contributed by atoms with Crippen LogP contribution in [0.3, 0.4) is 0 Å². The maximum Gasteiger partial charge on any atom is 0.232 e. The van der Waals surface area contributed by atoms with E-state index in [2.05, 4.69) is 5.32 Å². The van der Waals surface area contributed by atoms with E-state index in [1.54, 1.807) is 49.6 Å². The van der Waals surface area contributed by atoms with Crippen molar-refractivity contribution in [1.29, 1.82) is 0 Å². The molecule has 0 aromatic heterocycles. The van der Waals surface area contributed by atoms with Gasteiger partial charge in [0, 0.05) is 24.1 Å². The molecule has 2 aromatic carbocycles. The summed E-state index contributed by atoms with van der Waals surface area (Å²) in [5.74, 6) is 0.840. The van der Waals surface area contributed by atoms with E-state index in [0.29, 0.717) is 34.3 Å². The third kappa shape index (κ3) is 6.03. The molecule has 0 radical (unpaired) electrons. The summed E-state index contributed by atoms with van der Waals surface area (Å²) in [4.78, 5) is 12.3. The first kappa shape index (κ1) is 21.8. The molecule has 0 spiro atoms. The highest BCUT2D eigenvalue weighted by molar-refractivity contribution is 7.92. The number of nitrogens with one attached hydrogen (secondary N) is 1. The summed E-state index contributed by atoms with van der Waals surface area (Å²) in [5, 5.41) is 3.21. The molecule has 0 aliphatic carbocycles. The van der Waals surface area contributed by atoms with Gasteiger partial charge < -0.3 is 14.8 Å². The standard InChI is InChI=1S/C19H23ClN2O5S/c1-26-16-9-10-17(18(13-16)27-2)21-19(23)8-5-11-22(28(3,24)25)15-7-4-6-14(20)12-15/h4,6-7,9-10,12-13H,5,8,11H2,1-3H3,(H,21,23). The number of benzene rings is 2. The third-order valence-electron chi connectivity index (χ3n) is 3.94. The molecule has 1 N–H and O–H groups in total. The van der Waals surface area contributed by atoms with Gasteiger partial charge in [-0.2, -0.15) is 0 Å². The number of carbonyl (C=O) groups is 1. The predicted molar refractivity (Wildman–Crippen MR) is 111 cm³/mol. The molecule has 152 valence electrons. The monoisotopic (exact) mass is 426 g/mol. The summed E-state index contributed by atoms with van der Waals surface area (Å²) in [6, 6.07) is 11.6. The van der Waals surface area contributed by atoms with Crippen LogP contribution in [0, 0.1) is 0 Å². The summed E-state index contributed by atoms with van der Waals surface area (Å²) >= 11 is 5.96. The number of anilines is 2. The van der Waals surface area contributed by atoms with Crippen molar-refractivity contribution in [1.82, 2.24) is 0 Å². The predicted octanol–water partition coefficient (Wildman–Crippen LogP) is 3.54. The van der Waals surface area contributed by atoms with Gasteiger partial charge in [0.1, 0.15) is 11.5 Å². The van der Waals surface area contributed by atoms with Crippen molar-refractivity contribution in [2.75, 3.05) is 36.6 Å². The van der Waals surface area contributed by atoms with Crippen LogP contribution in [0.2, 0.25) is 5.02 Å². The maximum absolute atomic E-state index is 12.3. The van der Waals surface area contributed by atoms with Crippen molar-refractivity contribution in [2.24, 2.45) is 0 Å². The van der Waals surface area contributed by atoms with Gasteiger partial charge >= 0.3 is 0 Å². The highest BCUT2D eigenvalue weighted by atomic mass is 35.5. The fourth-order valence-corrected chi connectivity index (χ4v) is 3.76. The average molecular weight is 427 g/mol. The fraction of sp³-hybridized carbons (Fsp3) is 0.316. The molecule has 0 fully saturated rings. The first-order valence-corrected chi connectivity index (χ1v) is 10.7. The zero-order chi connectivity index (χ0) is 20.7. The van der Waals surface area contributed by atoms with Crippen LogP contribution in [-0.2, 0) is 14.8 Å². The molecular weight excluding hydrogens is 404 g/mol. The third-order valence-corrected chi connectivity index (χ3v) is 5.37. The van der Waals surface area contributed by atoms with Crippen LogP contribution in [0.4, 0.5) is 11.4 Å². The molecular formula is C19H23ClN2O5S. The lowest BCUT2D eigenvalue weighted by Gasteiger charge is -2.22. The quantitative estimate of drug-likeness (QED) is 0.662. The highest BCUT2D eigenvalue weighted by Crippen LogP contribution is 2.29. The highest BCUT2D eigenvalue weighted by Gasteiger charge is 2.18. The van der Waals surface area contributed by atoms with E-state index >= 15 is 0 Å². The van der Waals surface area contributed by atoms with Gasteiger partial charge in [-0.3, -0.25) is 9.10 Å². The SMILES string of the molecule is COc1ccc(NC(=O)CCCN(c2cccc(Cl)c2)S(C)(=O)=O)c(OC)c1. The van der Waals surface area contributed by atoms with Crippen molar-refractivity contribution < 1.29 is 22.7 Å². The first-order valence-electron chi connectivity index (χ1n) is 8.49. The number of nitrogens with zero attached hydrogens (tertiary/aromatic N) is 1. The van der Waals surface area contributed by atoms with Gasteiger partial charge in [-0.05, 0) is 36.8 Å². The van der Waals surface area contributed by atoms with E-state index in [0.717, 1.165) is 6.26 Å². The Bertz CT molecular complexity index is 934. The summed E-state index contributed by atoms with van der Waals surface area (Å²) in [7, 11) is -0.459. The summed E-state index contributed by atoms with van der Waals surface area (Å²) in [5.41, 5.74) is 0.982. The molecule has 0 aliphatic rings. The normalized spacial score (nSPS) is 11.0. The van der Waals surface area contributed by atoms with Crippen LogP contribution in [-0.4, -0.2) is 41.3 Å². The van der Waals surface area contributed by atoms with Crippen LogP contribution in [0.25, 0.3) is 0 Å². The largest absolute Gasteiger partial charge is 0.497 e. The van der Waals surface area contributed by atoms with Gasteiger partial charge in [-0.25, -0.2) is 8.42 Å². The smallest absolute Gasteiger partial charge is 0.232 e. The van der Waals surface area contributed by atoms with Crippen molar-refractivity contribution in [3.63, 3.8) is 0 Å². The minimum Gasteiger partial charge on any atom is -0.497 e. The molecule has 2 rings (SSSR count). The number of amides is 1. The Hall–Kier alpha value is -2.45. The Morgan fingerprint density at radius 2 is 1.89 bits per heavy atom. The Morgan fingerprint density at radius 1 is 1.14 bits per heavy atom. The summed E-state index contributed by atoms with van der Waals surface area (Å²) in [6.07, 6.45) is 1.60. The Kier molecular flexibility index (Phi) is 7.53. The molecule has 0 atom stereocenters. The number of carbonyl (C=O) groups excluding carboxylic acids is 1. The van der Waals surface area contributed by atoms with Crippen LogP contribution in [0.1, 0.15) is 12.8 Å². The maximum atomic E-state index is 12.3. The van der Waals surface area contributed by atoms with Crippen molar-refractivity contribution >= 4 is 38.9 Å². The number of sulfonamides is 1. The second-order valence-corrected chi connectivity index (χ2v) is 8.38. The Labute approximate surface area is 170 Å². The average Bonchev–Trinajstić information content (AvgIpc) is 2.64. The molecule has 0 bridgehead atoms. The number of halogens is 1. The van der Waals surface area contributed by atoms with Gasteiger partial charge in [-0.15, -0.1) is 0 Å². The minimum atomic E-state index is -3.50. The van der Waals surface area contributed by atoms with Crippen LogP contribution in [0.5, 0.6) is 11.5 Å².